The second-order valence-corrected chi connectivity index (χ2v) is 6.98. The Balaban J connectivity index is 1.33. The Morgan fingerprint density at radius 2 is 1.96 bits per heavy atom. The Labute approximate surface area is 145 Å². The van der Waals surface area contributed by atoms with E-state index in [2.05, 4.69) is 21.5 Å². The Hall–Kier alpha value is -2.76. The maximum atomic E-state index is 12.8. The topological polar surface area (TPSA) is 63.9 Å². The first kappa shape index (κ1) is 14.6. The van der Waals surface area contributed by atoms with Crippen LogP contribution in [0.3, 0.4) is 0 Å². The fourth-order valence-corrected chi connectivity index (χ4v) is 3.52. The van der Waals surface area contributed by atoms with Crippen molar-refractivity contribution in [3.63, 3.8) is 0 Å². The fourth-order valence-electron chi connectivity index (χ4n) is 3.52. The number of rotatable bonds is 3. The van der Waals surface area contributed by atoms with E-state index in [4.69, 9.17) is 0 Å². The predicted molar refractivity (Wildman–Crippen MR) is 93.3 cm³/mol. The minimum Gasteiger partial charge on any atom is -0.335 e. The van der Waals surface area contributed by atoms with Gasteiger partial charge < -0.3 is 4.90 Å². The number of hydrogen-bond donors (Lipinski definition) is 0. The third-order valence-electron chi connectivity index (χ3n) is 5.17. The molecule has 1 saturated carbocycles. The highest BCUT2D eigenvalue weighted by Gasteiger charge is 2.31. The fraction of sp³-hybridized carbons (Fsp3) is 0.368. The van der Waals surface area contributed by atoms with E-state index < -0.39 is 0 Å². The van der Waals surface area contributed by atoms with Gasteiger partial charge in [-0.25, -0.2) is 9.67 Å². The lowest BCUT2D eigenvalue weighted by Gasteiger charge is -2.16. The Kier molecular flexibility index (Phi) is 3.29. The minimum atomic E-state index is -0.00390. The molecule has 1 aromatic carbocycles. The van der Waals surface area contributed by atoms with Gasteiger partial charge in [-0.1, -0.05) is 29.5 Å². The van der Waals surface area contributed by atoms with Gasteiger partial charge in [0.2, 0.25) is 0 Å². The Morgan fingerprint density at radius 1 is 1.08 bits per heavy atom. The van der Waals surface area contributed by atoms with Crippen molar-refractivity contribution in [3.8, 4) is 0 Å². The molecule has 0 radical (unpaired) electrons. The van der Waals surface area contributed by atoms with E-state index in [-0.39, 0.29) is 11.9 Å². The van der Waals surface area contributed by atoms with Gasteiger partial charge in [0.15, 0.2) is 0 Å². The number of amides is 1. The standard InChI is InChI=1S/C19H19N5O/c25-19(17-8-7-13-3-1-2-4-16(13)20-17)23-10-9-15(11-23)24-12-18(21-22-24)14-5-6-14/h1-4,7-8,12,14-15H,5-6,9-11H2. The maximum absolute atomic E-state index is 12.8. The second kappa shape index (κ2) is 5.65. The van der Waals surface area contributed by atoms with Crippen molar-refractivity contribution >= 4 is 16.8 Å². The van der Waals surface area contributed by atoms with Gasteiger partial charge in [-0.3, -0.25) is 4.79 Å². The van der Waals surface area contributed by atoms with Crippen LogP contribution in [-0.2, 0) is 0 Å². The van der Waals surface area contributed by atoms with E-state index in [1.807, 2.05) is 46.0 Å². The molecule has 1 atom stereocenters. The average molecular weight is 333 g/mol. The van der Waals surface area contributed by atoms with Crippen LogP contribution in [0.4, 0.5) is 0 Å². The van der Waals surface area contributed by atoms with Crippen LogP contribution in [-0.4, -0.2) is 43.9 Å². The summed E-state index contributed by atoms with van der Waals surface area (Å²) < 4.78 is 1.94. The quantitative estimate of drug-likeness (QED) is 0.739. The predicted octanol–water partition coefficient (Wildman–Crippen LogP) is 2.79. The molecule has 2 aromatic heterocycles. The van der Waals surface area contributed by atoms with E-state index in [1.54, 1.807) is 0 Å². The van der Waals surface area contributed by atoms with Gasteiger partial charge in [-0.2, -0.15) is 0 Å². The van der Waals surface area contributed by atoms with Crippen LogP contribution in [0.2, 0.25) is 0 Å². The van der Waals surface area contributed by atoms with Crippen LogP contribution in [0.1, 0.15) is 47.4 Å². The average Bonchev–Trinajstić information content (AvgIpc) is 3.19. The number of aromatic nitrogens is 4. The summed E-state index contributed by atoms with van der Waals surface area (Å²) in [5.41, 5.74) is 2.46. The number of carbonyl (C=O) groups is 1. The smallest absolute Gasteiger partial charge is 0.272 e. The zero-order valence-electron chi connectivity index (χ0n) is 13.9. The van der Waals surface area contributed by atoms with Gasteiger partial charge in [0.1, 0.15) is 5.69 Å². The van der Waals surface area contributed by atoms with Crippen LogP contribution in [0, 0.1) is 0 Å². The van der Waals surface area contributed by atoms with E-state index in [0.29, 0.717) is 18.2 Å². The van der Waals surface area contributed by atoms with Crippen molar-refractivity contribution in [2.24, 2.45) is 0 Å². The van der Waals surface area contributed by atoms with Crippen LogP contribution < -0.4 is 0 Å². The van der Waals surface area contributed by atoms with Crippen molar-refractivity contribution in [2.45, 2.75) is 31.2 Å². The number of benzene rings is 1. The second-order valence-electron chi connectivity index (χ2n) is 6.98. The first-order valence-corrected chi connectivity index (χ1v) is 8.85. The summed E-state index contributed by atoms with van der Waals surface area (Å²) in [7, 11) is 0. The molecule has 1 amide bonds. The summed E-state index contributed by atoms with van der Waals surface area (Å²) in [5.74, 6) is 0.602. The summed E-state index contributed by atoms with van der Waals surface area (Å²) in [6.45, 7) is 1.40. The summed E-state index contributed by atoms with van der Waals surface area (Å²) in [6, 6.07) is 11.9. The van der Waals surface area contributed by atoms with Crippen LogP contribution in [0.25, 0.3) is 10.9 Å². The van der Waals surface area contributed by atoms with Crippen LogP contribution in [0.15, 0.2) is 42.6 Å². The number of nitrogens with zero attached hydrogens (tertiary/aromatic N) is 5. The number of pyridine rings is 1. The molecule has 1 aliphatic heterocycles. The summed E-state index contributed by atoms with van der Waals surface area (Å²) in [4.78, 5) is 19.2. The van der Waals surface area contributed by atoms with E-state index in [9.17, 15) is 4.79 Å². The molecule has 0 N–H and O–H groups in total. The number of likely N-dealkylation sites (tertiary alicyclic amines) is 1. The van der Waals surface area contributed by atoms with E-state index >= 15 is 0 Å². The summed E-state index contributed by atoms with van der Waals surface area (Å²) in [5, 5.41) is 9.61. The van der Waals surface area contributed by atoms with Gasteiger partial charge in [0, 0.05) is 30.6 Å². The molecule has 0 bridgehead atoms. The molecule has 3 heterocycles. The van der Waals surface area contributed by atoms with Gasteiger partial charge in [0.05, 0.1) is 17.3 Å². The van der Waals surface area contributed by atoms with E-state index in [1.165, 1.54) is 12.8 Å². The molecule has 6 heteroatoms. The zero-order chi connectivity index (χ0) is 16.8. The van der Waals surface area contributed by atoms with Crippen LogP contribution in [0.5, 0.6) is 0 Å². The van der Waals surface area contributed by atoms with Crippen molar-refractivity contribution in [1.82, 2.24) is 24.9 Å². The van der Waals surface area contributed by atoms with Gasteiger partial charge in [-0.05, 0) is 31.4 Å². The molecule has 3 aromatic rings. The molecule has 1 aliphatic carbocycles. The molecule has 0 spiro atoms. The zero-order valence-corrected chi connectivity index (χ0v) is 13.9. The molecule has 2 fully saturated rings. The van der Waals surface area contributed by atoms with Gasteiger partial charge >= 0.3 is 0 Å². The van der Waals surface area contributed by atoms with Gasteiger partial charge in [-0.15, -0.1) is 5.10 Å². The summed E-state index contributed by atoms with van der Waals surface area (Å²) >= 11 is 0. The lowest BCUT2D eigenvalue weighted by atomic mass is 10.2. The number of fused-ring (bicyclic) bond motifs is 1. The van der Waals surface area contributed by atoms with Gasteiger partial charge in [0.25, 0.3) is 5.91 Å². The molecular formula is C19H19N5O. The normalized spacial score (nSPS) is 20.3. The van der Waals surface area contributed by atoms with Crippen molar-refractivity contribution in [3.05, 3.63) is 54.0 Å². The first-order chi connectivity index (χ1) is 12.3. The Morgan fingerprint density at radius 3 is 2.84 bits per heavy atom. The highest BCUT2D eigenvalue weighted by atomic mass is 16.2. The van der Waals surface area contributed by atoms with Crippen molar-refractivity contribution < 1.29 is 4.79 Å². The summed E-state index contributed by atoms with van der Waals surface area (Å²) in [6.07, 6.45) is 5.42. The molecule has 1 saturated heterocycles. The van der Waals surface area contributed by atoms with E-state index in [0.717, 1.165) is 29.6 Å². The number of para-hydroxylation sites is 1. The molecule has 126 valence electrons. The van der Waals surface area contributed by atoms with Crippen molar-refractivity contribution in [2.75, 3.05) is 13.1 Å². The Bertz CT molecular complexity index is 946. The number of hydrogen-bond acceptors (Lipinski definition) is 4. The SMILES string of the molecule is O=C(c1ccc2ccccc2n1)N1CCC(n2cc(C3CC3)nn2)C1. The lowest BCUT2D eigenvalue weighted by molar-refractivity contribution is 0.0781. The highest BCUT2D eigenvalue weighted by molar-refractivity contribution is 5.95. The third kappa shape index (κ3) is 2.67. The third-order valence-corrected chi connectivity index (χ3v) is 5.17. The highest BCUT2D eigenvalue weighted by Crippen LogP contribution is 2.39. The van der Waals surface area contributed by atoms with Crippen molar-refractivity contribution in [1.29, 1.82) is 0 Å². The van der Waals surface area contributed by atoms with Crippen LogP contribution >= 0.6 is 0 Å². The number of carbonyl (C=O) groups excluding carboxylic acids is 1. The molecule has 25 heavy (non-hydrogen) atoms. The first-order valence-electron chi connectivity index (χ1n) is 8.85. The molecule has 2 aliphatic rings. The molecule has 5 rings (SSSR count). The molecular weight excluding hydrogens is 314 g/mol. The largest absolute Gasteiger partial charge is 0.335 e. The molecule has 1 unspecified atom stereocenters. The monoisotopic (exact) mass is 333 g/mol. The lowest BCUT2D eigenvalue weighted by Crippen LogP contribution is -2.29. The molecule has 6 nitrogen and oxygen atoms in total. The minimum absolute atomic E-state index is 0.00390. The maximum Gasteiger partial charge on any atom is 0.272 e.